The van der Waals surface area contributed by atoms with Gasteiger partial charge >= 0.3 is 5.97 Å². The molecule has 0 heterocycles. The van der Waals surface area contributed by atoms with Gasteiger partial charge in [0.1, 0.15) is 36.4 Å². The van der Waals surface area contributed by atoms with Crippen molar-refractivity contribution in [1.82, 2.24) is 0 Å². The Kier molecular flexibility index (Phi) is 7.20. The van der Waals surface area contributed by atoms with Gasteiger partial charge in [-0.05, 0) is 55.0 Å². The fraction of sp³-hybridized carbons (Fsp3) is 0.200. The van der Waals surface area contributed by atoms with Crippen LogP contribution in [0.5, 0.6) is 17.2 Å². The SMILES string of the molecule is CCOc1cc(C=C(C#N)C(=O)O)ccc1OCCOc1ccc(F)cc1. The van der Waals surface area contributed by atoms with Gasteiger partial charge in [-0.3, -0.25) is 0 Å². The van der Waals surface area contributed by atoms with Crippen molar-refractivity contribution in [1.29, 1.82) is 5.26 Å². The topological polar surface area (TPSA) is 88.8 Å². The van der Waals surface area contributed by atoms with Crippen molar-refractivity contribution in [2.75, 3.05) is 19.8 Å². The van der Waals surface area contributed by atoms with Gasteiger partial charge in [0.15, 0.2) is 11.5 Å². The molecule has 0 fully saturated rings. The first-order chi connectivity index (χ1) is 13.0. The normalized spacial score (nSPS) is 10.8. The van der Waals surface area contributed by atoms with Crippen LogP contribution in [-0.2, 0) is 4.79 Å². The summed E-state index contributed by atoms with van der Waals surface area (Å²) in [6.07, 6.45) is 1.26. The first-order valence-electron chi connectivity index (χ1n) is 8.16. The van der Waals surface area contributed by atoms with Crippen LogP contribution < -0.4 is 14.2 Å². The summed E-state index contributed by atoms with van der Waals surface area (Å²) in [5.41, 5.74) is 0.131. The van der Waals surface area contributed by atoms with Gasteiger partial charge in [0.05, 0.1) is 6.61 Å². The van der Waals surface area contributed by atoms with Gasteiger partial charge in [0.25, 0.3) is 0 Å². The summed E-state index contributed by atoms with van der Waals surface area (Å²) in [5.74, 6) is -0.213. The Labute approximate surface area is 156 Å². The second-order valence-electron chi connectivity index (χ2n) is 5.26. The zero-order valence-electron chi connectivity index (χ0n) is 14.6. The molecular formula is C20H18FNO5. The van der Waals surface area contributed by atoms with Crippen LogP contribution in [0.25, 0.3) is 6.08 Å². The summed E-state index contributed by atoms with van der Waals surface area (Å²) in [7, 11) is 0. The summed E-state index contributed by atoms with van der Waals surface area (Å²) in [6, 6.07) is 12.1. The van der Waals surface area contributed by atoms with Gasteiger partial charge in [-0.25, -0.2) is 9.18 Å². The Hall–Kier alpha value is -3.53. The molecule has 0 saturated carbocycles. The molecule has 0 unspecified atom stereocenters. The van der Waals surface area contributed by atoms with Crippen molar-refractivity contribution < 1.29 is 28.5 Å². The van der Waals surface area contributed by atoms with E-state index in [0.29, 0.717) is 29.4 Å². The number of carboxylic acid groups (broad SMARTS) is 1. The zero-order chi connectivity index (χ0) is 19.6. The Morgan fingerprint density at radius 1 is 1.11 bits per heavy atom. The Bertz CT molecular complexity index is 856. The molecule has 0 bridgehead atoms. The van der Waals surface area contributed by atoms with Crippen LogP contribution >= 0.6 is 0 Å². The fourth-order valence-corrected chi connectivity index (χ4v) is 2.15. The van der Waals surface area contributed by atoms with Gasteiger partial charge < -0.3 is 19.3 Å². The standard InChI is InChI=1S/C20H18FNO5/c1-2-25-19-12-14(11-15(13-22)20(23)24)3-8-18(19)27-10-9-26-17-6-4-16(21)5-7-17/h3-8,11-12H,2,9-10H2,1H3,(H,23,24). The number of ether oxygens (including phenoxy) is 3. The maximum absolute atomic E-state index is 12.8. The number of halogens is 1. The molecule has 2 rings (SSSR count). The zero-order valence-corrected chi connectivity index (χ0v) is 14.6. The van der Waals surface area contributed by atoms with E-state index in [0.717, 1.165) is 0 Å². The van der Waals surface area contributed by atoms with Crippen LogP contribution in [0.15, 0.2) is 48.0 Å². The molecule has 0 aromatic heterocycles. The highest BCUT2D eigenvalue weighted by atomic mass is 19.1. The Morgan fingerprint density at radius 2 is 1.81 bits per heavy atom. The van der Waals surface area contributed by atoms with Crippen molar-refractivity contribution in [2.45, 2.75) is 6.92 Å². The third kappa shape index (κ3) is 6.04. The lowest BCUT2D eigenvalue weighted by Crippen LogP contribution is -2.10. The van der Waals surface area contributed by atoms with E-state index in [2.05, 4.69) is 0 Å². The predicted octanol–water partition coefficient (Wildman–Crippen LogP) is 3.67. The number of carboxylic acids is 1. The molecule has 140 valence electrons. The van der Waals surface area contributed by atoms with Crippen molar-refractivity contribution in [3.05, 3.63) is 59.4 Å². The number of rotatable bonds is 9. The number of hydrogen-bond donors (Lipinski definition) is 1. The van der Waals surface area contributed by atoms with Crippen molar-refractivity contribution in [3.63, 3.8) is 0 Å². The minimum absolute atomic E-state index is 0.227. The molecule has 27 heavy (non-hydrogen) atoms. The lowest BCUT2D eigenvalue weighted by Gasteiger charge is -2.13. The molecule has 2 aromatic rings. The molecule has 0 radical (unpaired) electrons. The highest BCUT2D eigenvalue weighted by Gasteiger charge is 2.09. The van der Waals surface area contributed by atoms with E-state index in [9.17, 15) is 9.18 Å². The summed E-state index contributed by atoms with van der Waals surface area (Å²) in [4.78, 5) is 10.9. The van der Waals surface area contributed by atoms with E-state index in [4.69, 9.17) is 24.6 Å². The number of carbonyl (C=O) groups is 1. The summed E-state index contributed by atoms with van der Waals surface area (Å²) in [6.45, 7) is 2.67. The molecule has 0 amide bonds. The smallest absolute Gasteiger partial charge is 0.346 e. The highest BCUT2D eigenvalue weighted by molar-refractivity contribution is 5.96. The molecule has 0 aliphatic rings. The molecule has 0 saturated heterocycles. The molecule has 2 aromatic carbocycles. The van der Waals surface area contributed by atoms with E-state index in [1.807, 2.05) is 6.92 Å². The molecule has 0 aliphatic heterocycles. The van der Waals surface area contributed by atoms with E-state index in [1.165, 1.54) is 30.3 Å². The van der Waals surface area contributed by atoms with Crippen LogP contribution in [0.3, 0.4) is 0 Å². The largest absolute Gasteiger partial charge is 0.490 e. The van der Waals surface area contributed by atoms with Gasteiger partial charge in [-0.1, -0.05) is 6.07 Å². The van der Waals surface area contributed by atoms with E-state index < -0.39 is 5.97 Å². The van der Waals surface area contributed by atoms with E-state index >= 15 is 0 Å². The Balaban J connectivity index is 2.02. The quantitative estimate of drug-likeness (QED) is 0.411. The van der Waals surface area contributed by atoms with Crippen LogP contribution in [0, 0.1) is 17.1 Å². The summed E-state index contributed by atoms with van der Waals surface area (Å²) >= 11 is 0. The third-order valence-electron chi connectivity index (χ3n) is 3.35. The molecule has 1 N–H and O–H groups in total. The average molecular weight is 371 g/mol. The van der Waals surface area contributed by atoms with Crippen molar-refractivity contribution in [3.8, 4) is 23.3 Å². The van der Waals surface area contributed by atoms with Gasteiger partial charge in [-0.15, -0.1) is 0 Å². The minimum atomic E-state index is -1.30. The lowest BCUT2D eigenvalue weighted by molar-refractivity contribution is -0.132. The van der Waals surface area contributed by atoms with Crippen LogP contribution in [0.4, 0.5) is 4.39 Å². The molecule has 0 atom stereocenters. The van der Waals surface area contributed by atoms with Gasteiger partial charge in [-0.2, -0.15) is 5.26 Å². The fourth-order valence-electron chi connectivity index (χ4n) is 2.15. The van der Waals surface area contributed by atoms with Gasteiger partial charge in [0, 0.05) is 0 Å². The summed E-state index contributed by atoms with van der Waals surface area (Å²) < 4.78 is 29.5. The lowest BCUT2D eigenvalue weighted by atomic mass is 10.1. The second kappa shape index (κ2) is 9.82. The number of aliphatic carboxylic acids is 1. The van der Waals surface area contributed by atoms with E-state index in [1.54, 1.807) is 24.3 Å². The first kappa shape index (κ1) is 19.8. The minimum Gasteiger partial charge on any atom is -0.490 e. The predicted molar refractivity (Wildman–Crippen MR) is 96.2 cm³/mol. The monoisotopic (exact) mass is 371 g/mol. The molecule has 7 heteroatoms. The van der Waals surface area contributed by atoms with Crippen LogP contribution in [0.1, 0.15) is 12.5 Å². The maximum Gasteiger partial charge on any atom is 0.346 e. The van der Waals surface area contributed by atoms with Crippen LogP contribution in [-0.4, -0.2) is 30.9 Å². The summed E-state index contributed by atoms with van der Waals surface area (Å²) in [5, 5.41) is 17.8. The second-order valence-corrected chi connectivity index (χ2v) is 5.26. The number of nitrogens with zero attached hydrogens (tertiary/aromatic N) is 1. The Morgan fingerprint density at radius 3 is 2.44 bits per heavy atom. The van der Waals surface area contributed by atoms with Gasteiger partial charge in [0.2, 0.25) is 0 Å². The maximum atomic E-state index is 12.8. The number of nitriles is 1. The van der Waals surface area contributed by atoms with Crippen LogP contribution in [0.2, 0.25) is 0 Å². The van der Waals surface area contributed by atoms with E-state index in [-0.39, 0.29) is 24.6 Å². The third-order valence-corrected chi connectivity index (χ3v) is 3.35. The molecule has 0 aliphatic carbocycles. The van der Waals surface area contributed by atoms with Crippen molar-refractivity contribution in [2.24, 2.45) is 0 Å². The number of hydrogen-bond acceptors (Lipinski definition) is 5. The van der Waals surface area contributed by atoms with Crippen molar-refractivity contribution >= 4 is 12.0 Å². The first-order valence-corrected chi connectivity index (χ1v) is 8.16. The molecule has 6 nitrogen and oxygen atoms in total. The number of benzene rings is 2. The highest BCUT2D eigenvalue weighted by Crippen LogP contribution is 2.29. The molecular weight excluding hydrogens is 353 g/mol. The molecule has 0 spiro atoms. The average Bonchev–Trinajstić information content (AvgIpc) is 2.66.